The van der Waals surface area contributed by atoms with E-state index in [0.717, 1.165) is 10.4 Å². The summed E-state index contributed by atoms with van der Waals surface area (Å²) in [6.07, 6.45) is 0. The van der Waals surface area contributed by atoms with Crippen LogP contribution in [0.2, 0.25) is 5.02 Å². The van der Waals surface area contributed by atoms with Gasteiger partial charge in [0.2, 0.25) is 0 Å². The van der Waals surface area contributed by atoms with Gasteiger partial charge >= 0.3 is 5.97 Å². The quantitative estimate of drug-likeness (QED) is 0.814. The molecule has 0 saturated heterocycles. The van der Waals surface area contributed by atoms with Crippen LogP contribution in [0.1, 0.15) is 23.1 Å². The average molecular weight is 286 g/mol. The van der Waals surface area contributed by atoms with Gasteiger partial charge in [0.1, 0.15) is 0 Å². The van der Waals surface area contributed by atoms with Crippen molar-refractivity contribution in [1.29, 1.82) is 0 Å². The molecule has 0 fully saturated rings. The molecule has 2 rings (SSSR count). The molecule has 0 aliphatic heterocycles. The molecule has 0 aromatic carbocycles. The molecular formula is C11H12ClN3O2S. The van der Waals surface area contributed by atoms with E-state index in [-0.39, 0.29) is 5.82 Å². The van der Waals surface area contributed by atoms with Crippen LogP contribution in [-0.2, 0) is 11.8 Å². The second kappa shape index (κ2) is 5.07. The number of esters is 1. The Morgan fingerprint density at radius 3 is 2.89 bits per heavy atom. The number of rotatable bonds is 3. The van der Waals surface area contributed by atoms with Crippen LogP contribution in [-0.4, -0.2) is 27.3 Å². The lowest BCUT2D eigenvalue weighted by Crippen LogP contribution is -2.07. The Bertz CT molecular complexity index is 591. The highest BCUT2D eigenvalue weighted by molar-refractivity contribution is 7.14. The summed E-state index contributed by atoms with van der Waals surface area (Å²) in [7, 11) is 1.72. The highest BCUT2D eigenvalue weighted by Gasteiger charge is 2.20. The predicted molar refractivity (Wildman–Crippen MR) is 70.0 cm³/mol. The van der Waals surface area contributed by atoms with Crippen LogP contribution in [0.25, 0.3) is 10.7 Å². The number of aromatic nitrogens is 3. The zero-order chi connectivity index (χ0) is 13.3. The summed E-state index contributed by atoms with van der Waals surface area (Å²) in [5, 5.41) is 6.62. The van der Waals surface area contributed by atoms with E-state index in [1.165, 1.54) is 16.0 Å². The van der Waals surface area contributed by atoms with Crippen molar-refractivity contribution in [3.05, 3.63) is 21.8 Å². The maximum Gasteiger partial charge on any atom is 0.378 e. The number of carbonyl (C=O) groups excluding carboxylic acids is 1. The van der Waals surface area contributed by atoms with Crippen molar-refractivity contribution in [3.63, 3.8) is 0 Å². The van der Waals surface area contributed by atoms with E-state index in [9.17, 15) is 4.79 Å². The molecule has 96 valence electrons. The van der Waals surface area contributed by atoms with Crippen molar-refractivity contribution in [2.75, 3.05) is 6.61 Å². The van der Waals surface area contributed by atoms with E-state index in [1.54, 1.807) is 14.0 Å². The molecule has 18 heavy (non-hydrogen) atoms. The largest absolute Gasteiger partial charge is 0.460 e. The van der Waals surface area contributed by atoms with Crippen LogP contribution < -0.4 is 0 Å². The lowest BCUT2D eigenvalue weighted by atomic mass is 10.3. The molecule has 0 N–H and O–H groups in total. The number of hydrogen-bond acceptors (Lipinski definition) is 5. The van der Waals surface area contributed by atoms with Crippen LogP contribution >= 0.6 is 22.9 Å². The summed E-state index contributed by atoms with van der Waals surface area (Å²) < 4.78 is 6.39. The topological polar surface area (TPSA) is 57.0 Å². The predicted octanol–water partition coefficient (Wildman–Crippen LogP) is 2.68. The van der Waals surface area contributed by atoms with E-state index in [0.29, 0.717) is 17.5 Å². The molecule has 5 nitrogen and oxygen atoms in total. The molecule has 2 aromatic heterocycles. The van der Waals surface area contributed by atoms with Gasteiger partial charge in [0.25, 0.3) is 5.82 Å². The summed E-state index contributed by atoms with van der Waals surface area (Å²) in [6.45, 7) is 3.96. The average Bonchev–Trinajstić information content (AvgIpc) is 2.85. The summed E-state index contributed by atoms with van der Waals surface area (Å²) >= 11 is 7.65. The highest BCUT2D eigenvalue weighted by Crippen LogP contribution is 2.35. The van der Waals surface area contributed by atoms with E-state index in [2.05, 4.69) is 10.1 Å². The maximum atomic E-state index is 11.5. The highest BCUT2D eigenvalue weighted by atomic mass is 35.5. The van der Waals surface area contributed by atoms with Gasteiger partial charge in [-0.15, -0.1) is 16.4 Å². The van der Waals surface area contributed by atoms with Crippen molar-refractivity contribution < 1.29 is 9.53 Å². The van der Waals surface area contributed by atoms with Crippen LogP contribution in [0.15, 0.2) is 5.38 Å². The fourth-order valence-corrected chi connectivity index (χ4v) is 2.74. The second-order valence-corrected chi connectivity index (χ2v) is 4.92. The van der Waals surface area contributed by atoms with Crippen molar-refractivity contribution in [2.24, 2.45) is 7.05 Å². The molecule has 0 atom stereocenters. The first-order valence-electron chi connectivity index (χ1n) is 5.36. The fraction of sp³-hybridized carbons (Fsp3) is 0.364. The van der Waals surface area contributed by atoms with Gasteiger partial charge < -0.3 is 4.74 Å². The summed E-state index contributed by atoms with van der Waals surface area (Å²) in [4.78, 5) is 16.5. The third-order valence-corrected chi connectivity index (χ3v) is 4.02. The zero-order valence-electron chi connectivity index (χ0n) is 10.2. The maximum absolute atomic E-state index is 11.5. The number of aryl methyl sites for hydroxylation is 2. The Morgan fingerprint density at radius 1 is 1.61 bits per heavy atom. The van der Waals surface area contributed by atoms with E-state index >= 15 is 0 Å². The van der Waals surface area contributed by atoms with Gasteiger partial charge in [-0.05, 0) is 24.8 Å². The van der Waals surface area contributed by atoms with Crippen LogP contribution in [0.4, 0.5) is 0 Å². The Labute approximate surface area is 113 Å². The third kappa shape index (κ3) is 2.26. The summed E-state index contributed by atoms with van der Waals surface area (Å²) in [6, 6.07) is 0. The SMILES string of the molecule is CCOC(=O)c1nc(-c2scc(C)c2Cl)n(C)n1. The van der Waals surface area contributed by atoms with Gasteiger partial charge in [0.05, 0.1) is 16.5 Å². The normalized spacial score (nSPS) is 10.7. The van der Waals surface area contributed by atoms with Gasteiger partial charge in [-0.1, -0.05) is 11.6 Å². The lowest BCUT2D eigenvalue weighted by molar-refractivity contribution is 0.0512. The number of hydrogen-bond donors (Lipinski definition) is 0. The summed E-state index contributed by atoms with van der Waals surface area (Å²) in [5.74, 6) is 0.0985. The number of halogens is 1. The molecule has 0 saturated carbocycles. The van der Waals surface area contributed by atoms with Crippen molar-refractivity contribution in [3.8, 4) is 10.7 Å². The molecule has 0 aliphatic rings. The number of ether oxygens (including phenoxy) is 1. The minimum Gasteiger partial charge on any atom is -0.460 e. The molecule has 0 radical (unpaired) electrons. The van der Waals surface area contributed by atoms with E-state index in [1.807, 2.05) is 12.3 Å². The number of thiophene rings is 1. The van der Waals surface area contributed by atoms with Crippen molar-refractivity contribution in [1.82, 2.24) is 14.8 Å². The van der Waals surface area contributed by atoms with Crippen molar-refractivity contribution in [2.45, 2.75) is 13.8 Å². The van der Waals surface area contributed by atoms with E-state index < -0.39 is 5.97 Å². The molecule has 0 amide bonds. The third-order valence-electron chi connectivity index (χ3n) is 2.32. The molecule has 0 unspecified atom stereocenters. The summed E-state index contributed by atoms with van der Waals surface area (Å²) in [5.41, 5.74) is 0.984. The van der Waals surface area contributed by atoms with Crippen LogP contribution in [0, 0.1) is 6.92 Å². The minimum atomic E-state index is -0.524. The van der Waals surface area contributed by atoms with Gasteiger partial charge in [0.15, 0.2) is 5.82 Å². The monoisotopic (exact) mass is 285 g/mol. The van der Waals surface area contributed by atoms with Gasteiger partial charge in [-0.3, -0.25) is 0 Å². The van der Waals surface area contributed by atoms with Gasteiger partial charge in [-0.25, -0.2) is 9.48 Å². The van der Waals surface area contributed by atoms with Crippen LogP contribution in [0.3, 0.4) is 0 Å². The second-order valence-electron chi connectivity index (χ2n) is 3.66. The van der Waals surface area contributed by atoms with Crippen molar-refractivity contribution >= 4 is 28.9 Å². The van der Waals surface area contributed by atoms with Crippen LogP contribution in [0.5, 0.6) is 0 Å². The Morgan fingerprint density at radius 2 is 2.33 bits per heavy atom. The smallest absolute Gasteiger partial charge is 0.378 e. The lowest BCUT2D eigenvalue weighted by Gasteiger charge is -1.96. The molecule has 0 spiro atoms. The molecule has 2 aromatic rings. The number of carbonyl (C=O) groups is 1. The Balaban J connectivity index is 2.41. The zero-order valence-corrected chi connectivity index (χ0v) is 11.8. The molecule has 0 bridgehead atoms. The standard InChI is InChI=1S/C11H12ClN3O2S/c1-4-17-11(16)9-13-10(15(3)14-9)8-7(12)6(2)5-18-8/h5H,4H2,1-3H3. The first kappa shape index (κ1) is 13.0. The molecule has 0 aliphatic carbocycles. The first-order valence-corrected chi connectivity index (χ1v) is 6.62. The molecule has 7 heteroatoms. The van der Waals surface area contributed by atoms with E-state index in [4.69, 9.17) is 16.3 Å². The van der Waals surface area contributed by atoms with Gasteiger partial charge in [0, 0.05) is 7.05 Å². The number of nitrogens with zero attached hydrogens (tertiary/aromatic N) is 3. The Hall–Kier alpha value is -1.40. The fourth-order valence-electron chi connectivity index (χ4n) is 1.45. The Kier molecular flexibility index (Phi) is 3.68. The first-order chi connectivity index (χ1) is 8.54. The van der Waals surface area contributed by atoms with Gasteiger partial charge in [-0.2, -0.15) is 4.98 Å². The molecule has 2 heterocycles. The minimum absolute atomic E-state index is 0.0523. The molecular weight excluding hydrogens is 274 g/mol.